The summed E-state index contributed by atoms with van der Waals surface area (Å²) in [5, 5.41) is 3.13. The fourth-order valence-corrected chi connectivity index (χ4v) is 3.06. The van der Waals surface area contributed by atoms with Crippen LogP contribution in [0.1, 0.15) is 89.0 Å². The number of unbranched alkanes of at least 4 members (excludes halogenated alkanes) is 9. The van der Waals surface area contributed by atoms with Crippen LogP contribution in [-0.4, -0.2) is 6.54 Å². The molecule has 0 saturated carbocycles. The summed E-state index contributed by atoms with van der Waals surface area (Å²) in [6.45, 7) is 2.68. The number of benzene rings is 1. The summed E-state index contributed by atoms with van der Waals surface area (Å²) in [6.07, 6.45) is 14.6. The van der Waals surface area contributed by atoms with Crippen molar-refractivity contribution in [1.82, 2.24) is 0 Å². The maximum atomic E-state index is 10.6. The van der Waals surface area contributed by atoms with Crippen LogP contribution in [0.25, 0.3) is 0 Å². The molecule has 2 nitrogen and oxygen atoms in total. The molecule has 0 bridgehead atoms. The molecule has 1 aromatic carbocycles. The first kappa shape index (κ1) is 18.9. The van der Waals surface area contributed by atoms with Crippen molar-refractivity contribution >= 4 is 0 Å². The highest BCUT2D eigenvalue weighted by atomic mass is 16.3. The number of rotatable bonds is 14. The molecular formula is C20H33NO. The van der Waals surface area contributed by atoms with Crippen molar-refractivity contribution in [2.75, 3.05) is 6.54 Å². The Morgan fingerprint density at radius 3 is 1.91 bits per heavy atom. The van der Waals surface area contributed by atoms with Gasteiger partial charge in [0.2, 0.25) is 0 Å². The second-order valence-corrected chi connectivity index (χ2v) is 6.39. The normalized spacial score (nSPS) is 12.2. The minimum atomic E-state index is 0.313. The summed E-state index contributed by atoms with van der Waals surface area (Å²) >= 11 is 0. The van der Waals surface area contributed by atoms with Gasteiger partial charge in [0.25, 0.3) is 0 Å². The van der Waals surface area contributed by atoms with Crippen LogP contribution in [0.2, 0.25) is 0 Å². The van der Waals surface area contributed by atoms with Crippen LogP contribution in [0.15, 0.2) is 35.5 Å². The number of hydrogen-bond donors (Lipinski definition) is 0. The zero-order valence-corrected chi connectivity index (χ0v) is 14.3. The molecule has 22 heavy (non-hydrogen) atoms. The number of nitrogens with zero attached hydrogens (tertiary/aromatic N) is 1. The lowest BCUT2D eigenvalue weighted by Gasteiger charge is -2.13. The van der Waals surface area contributed by atoms with Gasteiger partial charge in [0.05, 0.1) is 6.54 Å². The van der Waals surface area contributed by atoms with Crippen LogP contribution in [0.5, 0.6) is 0 Å². The van der Waals surface area contributed by atoms with E-state index in [-0.39, 0.29) is 0 Å². The van der Waals surface area contributed by atoms with Crippen molar-refractivity contribution in [2.45, 2.75) is 83.5 Å². The van der Waals surface area contributed by atoms with Gasteiger partial charge in [-0.3, -0.25) is 0 Å². The molecule has 0 aromatic heterocycles. The van der Waals surface area contributed by atoms with Gasteiger partial charge in [-0.1, -0.05) is 107 Å². The fourth-order valence-electron chi connectivity index (χ4n) is 3.06. The van der Waals surface area contributed by atoms with Crippen LogP contribution < -0.4 is 0 Å². The predicted octanol–water partition coefficient (Wildman–Crippen LogP) is 6.85. The highest BCUT2D eigenvalue weighted by Gasteiger charge is 2.10. The minimum Gasteiger partial charge on any atom is -0.151 e. The summed E-state index contributed by atoms with van der Waals surface area (Å²) in [4.78, 5) is 10.6. The third kappa shape index (κ3) is 8.96. The van der Waals surface area contributed by atoms with Gasteiger partial charge in [-0.2, -0.15) is 4.91 Å². The number of hydrogen-bond acceptors (Lipinski definition) is 2. The Hall–Kier alpha value is -1.18. The van der Waals surface area contributed by atoms with Gasteiger partial charge in [-0.25, -0.2) is 0 Å². The van der Waals surface area contributed by atoms with Crippen molar-refractivity contribution < 1.29 is 0 Å². The topological polar surface area (TPSA) is 29.4 Å². The van der Waals surface area contributed by atoms with Crippen molar-refractivity contribution in [3.8, 4) is 0 Å². The fraction of sp³-hybridized carbons (Fsp3) is 0.700. The van der Waals surface area contributed by atoms with Crippen LogP contribution in [0.3, 0.4) is 0 Å². The largest absolute Gasteiger partial charge is 0.151 e. The van der Waals surface area contributed by atoms with E-state index in [0.29, 0.717) is 12.5 Å². The third-order valence-corrected chi connectivity index (χ3v) is 4.47. The summed E-state index contributed by atoms with van der Waals surface area (Å²) < 4.78 is 0. The lowest BCUT2D eigenvalue weighted by molar-refractivity contribution is 0.526. The molecule has 1 atom stereocenters. The van der Waals surface area contributed by atoms with Crippen molar-refractivity contribution in [3.63, 3.8) is 0 Å². The Bertz CT molecular complexity index is 363. The first-order valence-electron chi connectivity index (χ1n) is 9.22. The molecule has 0 amide bonds. The zero-order valence-electron chi connectivity index (χ0n) is 14.3. The minimum absolute atomic E-state index is 0.313. The summed E-state index contributed by atoms with van der Waals surface area (Å²) in [5.74, 6) is 0.313. The SMILES string of the molecule is CCCCCCCCCCCCC(CN=O)c1ccccc1. The molecule has 0 spiro atoms. The van der Waals surface area contributed by atoms with E-state index in [0.717, 1.165) is 6.42 Å². The maximum Gasteiger partial charge on any atom is 0.0879 e. The first-order chi connectivity index (χ1) is 10.9. The Balaban J connectivity index is 2.05. The van der Waals surface area contributed by atoms with Gasteiger partial charge in [-0.15, -0.1) is 0 Å². The average molecular weight is 303 g/mol. The molecule has 0 radical (unpaired) electrons. The second kappa shape index (κ2) is 13.5. The van der Waals surface area contributed by atoms with Gasteiger partial charge >= 0.3 is 0 Å². The van der Waals surface area contributed by atoms with E-state index < -0.39 is 0 Å². The summed E-state index contributed by atoms with van der Waals surface area (Å²) in [6, 6.07) is 10.4. The molecule has 1 unspecified atom stereocenters. The van der Waals surface area contributed by atoms with E-state index >= 15 is 0 Å². The first-order valence-corrected chi connectivity index (χ1v) is 9.22. The molecule has 0 heterocycles. The second-order valence-electron chi connectivity index (χ2n) is 6.39. The molecule has 0 aliphatic heterocycles. The van der Waals surface area contributed by atoms with Crippen LogP contribution >= 0.6 is 0 Å². The van der Waals surface area contributed by atoms with Crippen molar-refractivity contribution in [2.24, 2.45) is 5.18 Å². The zero-order chi connectivity index (χ0) is 15.9. The predicted molar refractivity (Wildman–Crippen MR) is 96.3 cm³/mol. The third-order valence-electron chi connectivity index (χ3n) is 4.47. The quantitative estimate of drug-likeness (QED) is 0.273. The molecule has 0 aliphatic carbocycles. The molecule has 0 fully saturated rings. The molecular weight excluding hydrogens is 270 g/mol. The molecule has 1 aromatic rings. The Kier molecular flexibility index (Phi) is 11.6. The van der Waals surface area contributed by atoms with Crippen LogP contribution in [-0.2, 0) is 0 Å². The van der Waals surface area contributed by atoms with E-state index in [9.17, 15) is 4.91 Å². The Labute approximate surface area is 136 Å². The van der Waals surface area contributed by atoms with E-state index in [1.165, 1.54) is 69.8 Å². The Morgan fingerprint density at radius 2 is 1.36 bits per heavy atom. The summed E-state index contributed by atoms with van der Waals surface area (Å²) in [5.41, 5.74) is 1.26. The van der Waals surface area contributed by atoms with Gasteiger partial charge in [-0.05, 0) is 12.0 Å². The molecule has 0 aliphatic rings. The molecule has 0 N–H and O–H groups in total. The van der Waals surface area contributed by atoms with Gasteiger partial charge in [0.1, 0.15) is 0 Å². The average Bonchev–Trinajstić information content (AvgIpc) is 2.56. The van der Waals surface area contributed by atoms with Crippen LogP contribution in [0.4, 0.5) is 0 Å². The van der Waals surface area contributed by atoms with Gasteiger partial charge in [0.15, 0.2) is 0 Å². The Morgan fingerprint density at radius 1 is 0.818 bits per heavy atom. The smallest absolute Gasteiger partial charge is 0.0879 e. The van der Waals surface area contributed by atoms with Gasteiger partial charge < -0.3 is 0 Å². The molecule has 124 valence electrons. The lowest BCUT2D eigenvalue weighted by Crippen LogP contribution is -2.02. The van der Waals surface area contributed by atoms with E-state index in [2.05, 4.69) is 24.2 Å². The molecule has 1 rings (SSSR count). The standard InChI is InChI=1S/C20H33NO/c1-2-3-4-5-6-7-8-9-10-12-17-20(18-21-22)19-15-13-11-14-16-19/h11,13-16,20H,2-10,12,17-18H2,1H3. The lowest BCUT2D eigenvalue weighted by atomic mass is 9.93. The maximum absolute atomic E-state index is 10.6. The van der Waals surface area contributed by atoms with Crippen LogP contribution in [0, 0.1) is 4.91 Å². The van der Waals surface area contributed by atoms with Crippen molar-refractivity contribution in [1.29, 1.82) is 0 Å². The highest BCUT2D eigenvalue weighted by molar-refractivity contribution is 5.19. The molecule has 0 saturated heterocycles. The molecule has 2 heteroatoms. The number of nitroso groups, excluding NO2 is 1. The monoisotopic (exact) mass is 303 g/mol. The van der Waals surface area contributed by atoms with Crippen molar-refractivity contribution in [3.05, 3.63) is 40.8 Å². The van der Waals surface area contributed by atoms with E-state index in [4.69, 9.17) is 0 Å². The van der Waals surface area contributed by atoms with E-state index in [1.807, 2.05) is 18.2 Å². The highest BCUT2D eigenvalue weighted by Crippen LogP contribution is 2.23. The summed E-state index contributed by atoms with van der Waals surface area (Å²) in [7, 11) is 0. The van der Waals surface area contributed by atoms with Gasteiger partial charge in [0, 0.05) is 5.92 Å². The van der Waals surface area contributed by atoms with E-state index in [1.54, 1.807) is 0 Å².